The largest absolute Gasteiger partial charge is 0.446 e. The normalized spacial score (nSPS) is 19.1. The molecule has 1 atom stereocenters. The molecule has 5 heteroatoms. The molecule has 1 amide bonds. The Morgan fingerprint density at radius 1 is 1.28 bits per heavy atom. The standard InChI is InChI=1S/C13H23NO4/c1-9(15)11(13(2,3)4)14-12(16)18-10-5-7-17-8-6-10/h10-11H,5-8H2,1-4H3,(H,14,16). The molecule has 1 rings (SSSR count). The van der Waals surface area contributed by atoms with Gasteiger partial charge in [0.1, 0.15) is 6.10 Å². The van der Waals surface area contributed by atoms with Gasteiger partial charge in [-0.25, -0.2) is 4.79 Å². The molecule has 0 bridgehead atoms. The van der Waals surface area contributed by atoms with E-state index < -0.39 is 12.1 Å². The molecule has 0 aromatic rings. The van der Waals surface area contributed by atoms with Gasteiger partial charge in [0.15, 0.2) is 5.78 Å². The van der Waals surface area contributed by atoms with Crippen molar-refractivity contribution in [2.24, 2.45) is 5.41 Å². The molecule has 1 fully saturated rings. The highest BCUT2D eigenvalue weighted by atomic mass is 16.6. The highest BCUT2D eigenvalue weighted by Crippen LogP contribution is 2.20. The minimum atomic E-state index is -0.523. The van der Waals surface area contributed by atoms with Crippen molar-refractivity contribution in [3.8, 4) is 0 Å². The lowest BCUT2D eigenvalue weighted by atomic mass is 9.85. The summed E-state index contributed by atoms with van der Waals surface area (Å²) in [5.41, 5.74) is -0.319. The molecule has 1 N–H and O–H groups in total. The molecule has 18 heavy (non-hydrogen) atoms. The molecular formula is C13H23NO4. The molecule has 1 heterocycles. The zero-order chi connectivity index (χ0) is 13.8. The molecule has 1 aliphatic rings. The summed E-state index contributed by atoms with van der Waals surface area (Å²) in [6.45, 7) is 8.45. The number of Topliss-reactive ketones (excluding diaryl/α,β-unsaturated/α-hetero) is 1. The molecule has 0 radical (unpaired) electrons. The number of amides is 1. The molecule has 1 saturated heterocycles. The lowest BCUT2D eigenvalue weighted by molar-refractivity contribution is -0.121. The molecule has 0 aromatic heterocycles. The molecule has 0 saturated carbocycles. The highest BCUT2D eigenvalue weighted by molar-refractivity contribution is 5.86. The summed E-state index contributed by atoms with van der Waals surface area (Å²) < 4.78 is 10.5. The van der Waals surface area contributed by atoms with Crippen LogP contribution in [0.1, 0.15) is 40.5 Å². The maximum absolute atomic E-state index is 11.7. The smallest absolute Gasteiger partial charge is 0.408 e. The Morgan fingerprint density at radius 3 is 2.28 bits per heavy atom. The summed E-state index contributed by atoms with van der Waals surface area (Å²) in [5.74, 6) is -0.0635. The van der Waals surface area contributed by atoms with Gasteiger partial charge in [-0.05, 0) is 12.3 Å². The van der Waals surface area contributed by atoms with Crippen molar-refractivity contribution >= 4 is 11.9 Å². The third kappa shape index (κ3) is 4.64. The summed E-state index contributed by atoms with van der Waals surface area (Å²) in [6.07, 6.45) is 0.810. The minimum Gasteiger partial charge on any atom is -0.446 e. The summed E-state index contributed by atoms with van der Waals surface area (Å²) >= 11 is 0. The molecule has 0 aromatic carbocycles. The van der Waals surface area contributed by atoms with Crippen LogP contribution in [-0.4, -0.2) is 37.2 Å². The van der Waals surface area contributed by atoms with E-state index in [-0.39, 0.29) is 17.3 Å². The van der Waals surface area contributed by atoms with Crippen LogP contribution in [0.2, 0.25) is 0 Å². The van der Waals surface area contributed by atoms with E-state index in [1.807, 2.05) is 20.8 Å². The average molecular weight is 257 g/mol. The lowest BCUT2D eigenvalue weighted by Crippen LogP contribution is -2.49. The van der Waals surface area contributed by atoms with Crippen LogP contribution < -0.4 is 5.32 Å². The van der Waals surface area contributed by atoms with Crippen molar-refractivity contribution in [1.82, 2.24) is 5.32 Å². The van der Waals surface area contributed by atoms with E-state index in [9.17, 15) is 9.59 Å². The number of nitrogens with one attached hydrogen (secondary N) is 1. The predicted octanol–water partition coefficient (Wildman–Crippen LogP) is 1.90. The predicted molar refractivity (Wildman–Crippen MR) is 67.4 cm³/mol. The van der Waals surface area contributed by atoms with E-state index in [2.05, 4.69) is 5.32 Å². The van der Waals surface area contributed by atoms with Crippen LogP contribution in [0, 0.1) is 5.41 Å². The number of hydrogen-bond donors (Lipinski definition) is 1. The second-order valence-electron chi connectivity index (χ2n) is 5.77. The first-order valence-corrected chi connectivity index (χ1v) is 6.36. The first kappa shape index (κ1) is 15.0. The SMILES string of the molecule is CC(=O)C(NC(=O)OC1CCOCC1)C(C)(C)C. The Labute approximate surface area is 108 Å². The van der Waals surface area contributed by atoms with Crippen LogP contribution >= 0.6 is 0 Å². The number of carbonyl (C=O) groups excluding carboxylic acids is 2. The van der Waals surface area contributed by atoms with Crippen molar-refractivity contribution in [2.75, 3.05) is 13.2 Å². The molecular weight excluding hydrogens is 234 g/mol. The fourth-order valence-corrected chi connectivity index (χ4v) is 2.02. The monoisotopic (exact) mass is 257 g/mol. The first-order valence-electron chi connectivity index (χ1n) is 6.36. The lowest BCUT2D eigenvalue weighted by Gasteiger charge is -2.30. The molecule has 0 aliphatic carbocycles. The average Bonchev–Trinajstić information content (AvgIpc) is 2.25. The molecule has 0 spiro atoms. The van der Waals surface area contributed by atoms with Crippen molar-refractivity contribution in [3.63, 3.8) is 0 Å². The topological polar surface area (TPSA) is 64.6 Å². The van der Waals surface area contributed by atoms with Crippen molar-refractivity contribution in [3.05, 3.63) is 0 Å². The Bertz CT molecular complexity index is 303. The van der Waals surface area contributed by atoms with E-state index in [1.54, 1.807) is 0 Å². The van der Waals surface area contributed by atoms with Crippen LogP contribution in [0.3, 0.4) is 0 Å². The van der Waals surface area contributed by atoms with Crippen molar-refractivity contribution in [2.45, 2.75) is 52.7 Å². The van der Waals surface area contributed by atoms with E-state index >= 15 is 0 Å². The Morgan fingerprint density at radius 2 is 1.83 bits per heavy atom. The van der Waals surface area contributed by atoms with Crippen LogP contribution in [-0.2, 0) is 14.3 Å². The minimum absolute atomic E-state index is 0.0635. The van der Waals surface area contributed by atoms with Gasteiger partial charge in [0.2, 0.25) is 0 Å². The van der Waals surface area contributed by atoms with Crippen LogP contribution in [0.5, 0.6) is 0 Å². The van der Waals surface area contributed by atoms with Crippen LogP contribution in [0.15, 0.2) is 0 Å². The maximum Gasteiger partial charge on any atom is 0.408 e. The van der Waals surface area contributed by atoms with E-state index in [0.717, 1.165) is 0 Å². The summed E-state index contributed by atoms with van der Waals surface area (Å²) in [7, 11) is 0. The maximum atomic E-state index is 11.7. The number of ketones is 1. The summed E-state index contributed by atoms with van der Waals surface area (Å²) in [4.78, 5) is 23.3. The fraction of sp³-hybridized carbons (Fsp3) is 0.846. The van der Waals surface area contributed by atoms with E-state index in [1.165, 1.54) is 6.92 Å². The molecule has 104 valence electrons. The zero-order valence-corrected chi connectivity index (χ0v) is 11.6. The number of rotatable bonds is 3. The number of ether oxygens (including phenoxy) is 2. The van der Waals surface area contributed by atoms with Gasteiger partial charge in [-0.1, -0.05) is 20.8 Å². The van der Waals surface area contributed by atoms with Crippen LogP contribution in [0.25, 0.3) is 0 Å². The van der Waals surface area contributed by atoms with Gasteiger partial charge in [-0.2, -0.15) is 0 Å². The third-order valence-electron chi connectivity index (χ3n) is 2.98. The quantitative estimate of drug-likeness (QED) is 0.838. The van der Waals surface area contributed by atoms with Gasteiger partial charge in [0.25, 0.3) is 0 Å². The van der Waals surface area contributed by atoms with Crippen molar-refractivity contribution in [1.29, 1.82) is 0 Å². The Balaban J connectivity index is 2.48. The van der Waals surface area contributed by atoms with Gasteiger partial charge in [0.05, 0.1) is 19.3 Å². The molecule has 5 nitrogen and oxygen atoms in total. The Hall–Kier alpha value is -1.10. The molecule has 1 unspecified atom stereocenters. The van der Waals surface area contributed by atoms with Crippen molar-refractivity contribution < 1.29 is 19.1 Å². The van der Waals surface area contributed by atoms with Gasteiger partial charge in [-0.15, -0.1) is 0 Å². The molecule has 1 aliphatic heterocycles. The van der Waals surface area contributed by atoms with Gasteiger partial charge < -0.3 is 14.8 Å². The first-order chi connectivity index (χ1) is 8.30. The second-order valence-corrected chi connectivity index (χ2v) is 5.77. The fourth-order valence-electron chi connectivity index (χ4n) is 2.02. The van der Waals surface area contributed by atoms with Crippen LogP contribution in [0.4, 0.5) is 4.79 Å². The number of hydrogen-bond acceptors (Lipinski definition) is 4. The number of carbonyl (C=O) groups is 2. The highest BCUT2D eigenvalue weighted by Gasteiger charge is 2.31. The van der Waals surface area contributed by atoms with E-state index in [4.69, 9.17) is 9.47 Å². The Kier molecular flexibility index (Phi) is 5.14. The second kappa shape index (κ2) is 6.18. The van der Waals surface area contributed by atoms with Gasteiger partial charge >= 0.3 is 6.09 Å². The summed E-state index contributed by atoms with van der Waals surface area (Å²) in [5, 5.41) is 2.65. The number of alkyl carbamates (subject to hydrolysis) is 1. The zero-order valence-electron chi connectivity index (χ0n) is 11.6. The third-order valence-corrected chi connectivity index (χ3v) is 2.98. The summed E-state index contributed by atoms with van der Waals surface area (Å²) in [6, 6.07) is -0.523. The van der Waals surface area contributed by atoms with E-state index in [0.29, 0.717) is 26.1 Å². The van der Waals surface area contributed by atoms with Gasteiger partial charge in [-0.3, -0.25) is 4.79 Å². The van der Waals surface area contributed by atoms with Gasteiger partial charge in [0, 0.05) is 12.8 Å².